The number of carbonyl (C=O) groups excluding carboxylic acids is 1. The number of benzene rings is 2. The van der Waals surface area contributed by atoms with Crippen LogP contribution in [0.2, 0.25) is 0 Å². The quantitative estimate of drug-likeness (QED) is 0.495. The van der Waals surface area contributed by atoms with E-state index >= 15 is 0 Å². The molecule has 0 N–H and O–H groups in total. The number of dihydropyridines is 1. The third-order valence-electron chi connectivity index (χ3n) is 5.87. The van der Waals surface area contributed by atoms with Crippen LogP contribution in [0.25, 0.3) is 5.57 Å². The molecular formula is C26H18F2N2O2S. The predicted molar refractivity (Wildman–Crippen MR) is 125 cm³/mol. The van der Waals surface area contributed by atoms with Crippen LogP contribution in [0.15, 0.2) is 94.2 Å². The average molecular weight is 461 g/mol. The zero-order valence-electron chi connectivity index (χ0n) is 17.6. The van der Waals surface area contributed by atoms with Crippen molar-refractivity contribution in [1.82, 2.24) is 4.98 Å². The smallest absolute Gasteiger partial charge is 0.336 e. The average Bonchev–Trinajstić information content (AvgIpc) is 3.28. The summed E-state index contributed by atoms with van der Waals surface area (Å²) in [4.78, 5) is 22.1. The predicted octanol–water partition coefficient (Wildman–Crippen LogP) is 5.32. The van der Waals surface area contributed by atoms with Gasteiger partial charge in [0.1, 0.15) is 11.6 Å². The molecule has 0 radical (unpaired) electrons. The number of methoxy groups -OCH3 is 1. The monoisotopic (exact) mass is 460 g/mol. The number of allylic oxidation sites excluding steroid dienone is 1. The van der Waals surface area contributed by atoms with Crippen molar-refractivity contribution in [3.63, 3.8) is 0 Å². The van der Waals surface area contributed by atoms with E-state index in [1.807, 2.05) is 12.1 Å². The summed E-state index contributed by atoms with van der Waals surface area (Å²) in [5.41, 5.74) is 3.40. The van der Waals surface area contributed by atoms with Crippen molar-refractivity contribution in [3.05, 3.63) is 118 Å². The molecule has 0 spiro atoms. The third kappa shape index (κ3) is 3.49. The molecule has 0 aliphatic carbocycles. The van der Waals surface area contributed by atoms with Crippen LogP contribution in [-0.4, -0.2) is 30.0 Å². The molecule has 3 aromatic rings. The molecule has 1 aromatic heterocycles. The largest absolute Gasteiger partial charge is 0.466 e. The molecule has 2 aliphatic heterocycles. The van der Waals surface area contributed by atoms with Gasteiger partial charge in [0.2, 0.25) is 0 Å². The first-order chi connectivity index (χ1) is 16.0. The van der Waals surface area contributed by atoms with Crippen molar-refractivity contribution >= 4 is 29.5 Å². The van der Waals surface area contributed by atoms with Crippen LogP contribution in [0.4, 0.5) is 8.78 Å². The van der Waals surface area contributed by atoms with Crippen LogP contribution in [0.1, 0.15) is 16.7 Å². The van der Waals surface area contributed by atoms with Crippen molar-refractivity contribution in [2.24, 2.45) is 4.99 Å². The van der Waals surface area contributed by atoms with E-state index in [2.05, 4.69) is 4.98 Å². The molecule has 33 heavy (non-hydrogen) atoms. The zero-order chi connectivity index (χ0) is 23.0. The summed E-state index contributed by atoms with van der Waals surface area (Å²) in [6.45, 7) is 0. The number of hydrogen-bond acceptors (Lipinski definition) is 5. The Bertz CT molecular complexity index is 1320. The Morgan fingerprint density at radius 2 is 1.55 bits per heavy atom. The maximum absolute atomic E-state index is 13.9. The minimum Gasteiger partial charge on any atom is -0.466 e. The second-order valence-electron chi connectivity index (χ2n) is 7.63. The molecule has 3 heterocycles. The number of halogens is 2. The lowest BCUT2D eigenvalue weighted by Gasteiger charge is -2.38. The second kappa shape index (κ2) is 8.41. The maximum Gasteiger partial charge on any atom is 0.336 e. The number of esters is 1. The van der Waals surface area contributed by atoms with E-state index in [-0.39, 0.29) is 11.6 Å². The van der Waals surface area contributed by atoms with Gasteiger partial charge in [0.05, 0.1) is 23.8 Å². The number of aliphatic imine (C=N–C) groups is 1. The fourth-order valence-corrected chi connectivity index (χ4v) is 5.62. The van der Waals surface area contributed by atoms with Crippen LogP contribution in [0.5, 0.6) is 0 Å². The summed E-state index contributed by atoms with van der Waals surface area (Å²) in [7, 11) is 1.34. The molecule has 0 amide bonds. The SMILES string of the molecule is COC(=O)C1=C2N=CC(c3ccncc3)(c3ccc(F)cc3)C(c3ccc(F)cc3)=C2SC1. The lowest BCUT2D eigenvalue weighted by molar-refractivity contribution is -0.136. The molecule has 7 heteroatoms. The Kier molecular flexibility index (Phi) is 5.42. The maximum atomic E-state index is 13.9. The molecular weight excluding hydrogens is 442 g/mol. The molecule has 2 aliphatic rings. The van der Waals surface area contributed by atoms with Crippen LogP contribution in [0.3, 0.4) is 0 Å². The molecule has 1 atom stereocenters. The Labute approximate surface area is 193 Å². The third-order valence-corrected chi connectivity index (χ3v) is 6.99. The highest BCUT2D eigenvalue weighted by atomic mass is 32.2. The number of ether oxygens (including phenoxy) is 1. The summed E-state index contributed by atoms with van der Waals surface area (Å²) in [6, 6.07) is 16.3. The Morgan fingerprint density at radius 3 is 2.18 bits per heavy atom. The van der Waals surface area contributed by atoms with Crippen molar-refractivity contribution < 1.29 is 18.3 Å². The Morgan fingerprint density at radius 1 is 0.939 bits per heavy atom. The first-order valence-electron chi connectivity index (χ1n) is 10.2. The summed E-state index contributed by atoms with van der Waals surface area (Å²) in [5.74, 6) is -0.720. The van der Waals surface area contributed by atoms with Gasteiger partial charge in [-0.25, -0.2) is 13.6 Å². The molecule has 4 nitrogen and oxygen atoms in total. The lowest BCUT2D eigenvalue weighted by Crippen LogP contribution is -2.34. The number of aromatic nitrogens is 1. The van der Waals surface area contributed by atoms with Gasteiger partial charge in [0, 0.05) is 29.3 Å². The van der Waals surface area contributed by atoms with Gasteiger partial charge in [-0.3, -0.25) is 9.98 Å². The van der Waals surface area contributed by atoms with Gasteiger partial charge in [0.25, 0.3) is 0 Å². The van der Waals surface area contributed by atoms with Gasteiger partial charge in [-0.15, -0.1) is 11.8 Å². The fraction of sp³-hybridized carbons (Fsp3) is 0.115. The highest BCUT2D eigenvalue weighted by Gasteiger charge is 2.45. The topological polar surface area (TPSA) is 51.5 Å². The highest BCUT2D eigenvalue weighted by Crippen LogP contribution is 2.54. The normalized spacial score (nSPS) is 19.6. The van der Waals surface area contributed by atoms with Crippen LogP contribution >= 0.6 is 11.8 Å². The molecule has 0 saturated carbocycles. The Balaban J connectivity index is 1.87. The number of hydrogen-bond donors (Lipinski definition) is 0. The highest BCUT2D eigenvalue weighted by molar-refractivity contribution is 8.04. The zero-order valence-corrected chi connectivity index (χ0v) is 18.4. The fourth-order valence-electron chi connectivity index (χ4n) is 4.34. The van der Waals surface area contributed by atoms with E-state index in [1.54, 1.807) is 42.9 Å². The van der Waals surface area contributed by atoms with Gasteiger partial charge in [-0.05, 0) is 58.7 Å². The number of rotatable bonds is 4. The summed E-state index contributed by atoms with van der Waals surface area (Å²) < 4.78 is 32.7. The lowest BCUT2D eigenvalue weighted by atomic mass is 9.66. The van der Waals surface area contributed by atoms with Crippen LogP contribution in [-0.2, 0) is 14.9 Å². The minimum absolute atomic E-state index is 0.351. The number of pyridine rings is 1. The standard InChI is InChI=1S/C26H18F2N2O2S/c1-32-25(31)21-14-33-24-22(16-2-6-19(27)7-3-16)26(15-30-23(21)24,18-10-12-29-13-11-18)17-4-8-20(28)9-5-17/h2-13,15H,14H2,1H3. The van der Waals surface area contributed by atoms with Crippen molar-refractivity contribution in [1.29, 1.82) is 0 Å². The van der Waals surface area contributed by atoms with Crippen molar-refractivity contribution in [2.75, 3.05) is 12.9 Å². The van der Waals surface area contributed by atoms with Crippen molar-refractivity contribution in [2.45, 2.75) is 5.41 Å². The molecule has 2 aromatic carbocycles. The van der Waals surface area contributed by atoms with Crippen LogP contribution in [0, 0.1) is 11.6 Å². The number of fused-ring (bicyclic) bond motifs is 1. The first kappa shape index (κ1) is 21.3. The minimum atomic E-state index is -0.911. The first-order valence-corrected chi connectivity index (χ1v) is 11.2. The summed E-state index contributed by atoms with van der Waals surface area (Å²) in [6.07, 6.45) is 5.16. The second-order valence-corrected chi connectivity index (χ2v) is 8.61. The van der Waals surface area contributed by atoms with E-state index in [0.717, 1.165) is 27.2 Å². The molecule has 0 saturated heterocycles. The number of nitrogens with zero attached hydrogens (tertiary/aromatic N) is 2. The van der Waals surface area contributed by atoms with Crippen LogP contribution < -0.4 is 0 Å². The number of carbonyl (C=O) groups is 1. The van der Waals surface area contributed by atoms with Gasteiger partial charge in [0.15, 0.2) is 0 Å². The molecule has 5 rings (SSSR count). The van der Waals surface area contributed by atoms with E-state index in [9.17, 15) is 13.6 Å². The molecule has 164 valence electrons. The summed E-state index contributed by atoms with van der Waals surface area (Å²) in [5, 5.41) is 0. The molecule has 0 fully saturated rings. The van der Waals surface area contributed by atoms with Gasteiger partial charge < -0.3 is 4.74 Å². The van der Waals surface area contributed by atoms with Crippen molar-refractivity contribution in [3.8, 4) is 0 Å². The van der Waals surface area contributed by atoms with Gasteiger partial charge >= 0.3 is 5.97 Å². The Hall–Kier alpha value is -3.58. The molecule has 1 unspecified atom stereocenters. The van der Waals surface area contributed by atoms with E-state index in [0.29, 0.717) is 17.0 Å². The van der Waals surface area contributed by atoms with E-state index in [4.69, 9.17) is 9.73 Å². The van der Waals surface area contributed by atoms with E-state index < -0.39 is 11.4 Å². The number of thioether (sulfide) groups is 1. The van der Waals surface area contributed by atoms with Gasteiger partial charge in [-0.1, -0.05) is 24.3 Å². The van der Waals surface area contributed by atoms with Gasteiger partial charge in [-0.2, -0.15) is 0 Å². The summed E-state index contributed by atoms with van der Waals surface area (Å²) >= 11 is 1.49. The molecule has 0 bridgehead atoms. The van der Waals surface area contributed by atoms with E-state index in [1.165, 1.54) is 43.1 Å².